The van der Waals surface area contributed by atoms with Gasteiger partial charge in [0.2, 0.25) is 0 Å². The number of urea groups is 1. The Hall–Kier alpha value is -2.57. The van der Waals surface area contributed by atoms with E-state index in [1.54, 1.807) is 31.2 Å². The van der Waals surface area contributed by atoms with Crippen molar-refractivity contribution in [2.45, 2.75) is 51.2 Å². The highest BCUT2D eigenvalue weighted by atomic mass is 16.6. The lowest BCUT2D eigenvalue weighted by molar-refractivity contribution is -0.155. The summed E-state index contributed by atoms with van der Waals surface area (Å²) in [5.74, 6) is -0.761. The van der Waals surface area contributed by atoms with Gasteiger partial charge in [0.15, 0.2) is 12.7 Å². The first-order valence-corrected chi connectivity index (χ1v) is 8.57. The topological polar surface area (TPSA) is 93.7 Å². The van der Waals surface area contributed by atoms with E-state index < -0.39 is 30.6 Å². The van der Waals surface area contributed by atoms with Crippen molar-refractivity contribution < 1.29 is 23.9 Å². The number of amides is 3. The lowest BCUT2D eigenvalue weighted by Crippen LogP contribution is -2.45. The molecule has 0 bridgehead atoms. The van der Waals surface area contributed by atoms with Gasteiger partial charge < -0.3 is 14.8 Å². The van der Waals surface area contributed by atoms with Gasteiger partial charge in [-0.3, -0.25) is 10.1 Å². The molecule has 1 atom stereocenters. The number of carbonyl (C=O) groups is 3. The third-order valence-electron chi connectivity index (χ3n) is 3.94. The van der Waals surface area contributed by atoms with E-state index in [0.717, 1.165) is 25.7 Å². The fourth-order valence-electron chi connectivity index (χ4n) is 2.65. The number of rotatable bonds is 7. The maximum absolute atomic E-state index is 12.0. The second kappa shape index (κ2) is 9.66. The molecule has 7 nitrogen and oxygen atoms in total. The van der Waals surface area contributed by atoms with Gasteiger partial charge in [0.25, 0.3) is 5.91 Å². The Bertz CT molecular complexity index is 584. The first-order valence-electron chi connectivity index (χ1n) is 8.57. The van der Waals surface area contributed by atoms with Gasteiger partial charge in [0, 0.05) is 6.04 Å². The van der Waals surface area contributed by atoms with Crippen molar-refractivity contribution in [3.8, 4) is 5.75 Å². The molecule has 1 aliphatic rings. The van der Waals surface area contributed by atoms with Crippen LogP contribution in [0, 0.1) is 0 Å². The zero-order valence-corrected chi connectivity index (χ0v) is 14.3. The van der Waals surface area contributed by atoms with Crippen LogP contribution in [0.5, 0.6) is 5.75 Å². The predicted octanol–water partition coefficient (Wildman–Crippen LogP) is 2.16. The number of benzene rings is 1. The second-order valence-corrected chi connectivity index (χ2v) is 5.94. The number of hydrogen-bond donors (Lipinski definition) is 2. The van der Waals surface area contributed by atoms with Crippen LogP contribution in [0.2, 0.25) is 0 Å². The Morgan fingerprint density at radius 1 is 1.16 bits per heavy atom. The van der Waals surface area contributed by atoms with E-state index >= 15 is 0 Å². The molecule has 0 unspecified atom stereocenters. The quantitative estimate of drug-likeness (QED) is 0.737. The number of imide groups is 1. The number of nitrogens with one attached hydrogen (secondary N) is 2. The minimum atomic E-state index is -0.803. The number of ether oxygens (including phenoxy) is 2. The van der Waals surface area contributed by atoms with E-state index in [1.165, 1.54) is 0 Å². The van der Waals surface area contributed by atoms with Crippen molar-refractivity contribution in [2.75, 3.05) is 6.61 Å². The summed E-state index contributed by atoms with van der Waals surface area (Å²) in [7, 11) is 0. The molecule has 2 rings (SSSR count). The molecule has 1 aromatic carbocycles. The zero-order chi connectivity index (χ0) is 18.1. The molecule has 7 heteroatoms. The molecule has 0 aliphatic heterocycles. The van der Waals surface area contributed by atoms with Gasteiger partial charge in [0.1, 0.15) is 5.75 Å². The summed E-state index contributed by atoms with van der Waals surface area (Å²) in [4.78, 5) is 35.4. The Morgan fingerprint density at radius 2 is 1.84 bits per heavy atom. The highest BCUT2D eigenvalue weighted by Crippen LogP contribution is 2.17. The van der Waals surface area contributed by atoms with E-state index in [1.807, 2.05) is 6.07 Å². The highest BCUT2D eigenvalue weighted by molar-refractivity contribution is 5.95. The number of carbonyl (C=O) groups excluding carboxylic acids is 3. The van der Waals surface area contributed by atoms with Crippen molar-refractivity contribution in [1.82, 2.24) is 10.6 Å². The zero-order valence-electron chi connectivity index (χ0n) is 14.3. The summed E-state index contributed by atoms with van der Waals surface area (Å²) in [6.07, 6.45) is 3.60. The van der Waals surface area contributed by atoms with Crippen LogP contribution in [0.4, 0.5) is 4.79 Å². The average molecular weight is 348 g/mol. The van der Waals surface area contributed by atoms with Crippen LogP contribution >= 0.6 is 0 Å². The number of para-hydroxylation sites is 1. The van der Waals surface area contributed by atoms with Crippen molar-refractivity contribution in [2.24, 2.45) is 0 Å². The van der Waals surface area contributed by atoms with Crippen molar-refractivity contribution in [3.63, 3.8) is 0 Å². The largest absolute Gasteiger partial charge is 0.479 e. The van der Waals surface area contributed by atoms with Crippen LogP contribution in [0.1, 0.15) is 39.0 Å². The fraction of sp³-hybridized carbons (Fsp3) is 0.500. The minimum absolute atomic E-state index is 0.110. The van der Waals surface area contributed by atoms with E-state index in [2.05, 4.69) is 10.6 Å². The predicted molar refractivity (Wildman–Crippen MR) is 91.0 cm³/mol. The molecule has 1 aliphatic carbocycles. The molecule has 3 amide bonds. The van der Waals surface area contributed by atoms with E-state index in [4.69, 9.17) is 9.47 Å². The lowest BCUT2D eigenvalue weighted by Gasteiger charge is -2.16. The second-order valence-electron chi connectivity index (χ2n) is 5.94. The summed E-state index contributed by atoms with van der Waals surface area (Å²) in [5.41, 5.74) is 0. The molecule has 0 aromatic heterocycles. The minimum Gasteiger partial charge on any atom is -0.479 e. The standard InChI is InChI=1S/C18H24N2O5/c1-2-15(25-14-10-4-3-5-11-14)17(22)24-12-16(21)20-18(23)19-13-8-6-7-9-13/h3-5,10-11,13,15H,2,6-9,12H2,1H3,(H2,19,20,21,23)/t15-/m0/s1. The normalized spacial score (nSPS) is 15.2. The Labute approximate surface area is 147 Å². The van der Waals surface area contributed by atoms with Crippen LogP contribution in [-0.2, 0) is 14.3 Å². The maximum Gasteiger partial charge on any atom is 0.347 e. The lowest BCUT2D eigenvalue weighted by atomic mass is 10.2. The van der Waals surface area contributed by atoms with Crippen LogP contribution in [-0.4, -0.2) is 36.7 Å². The molecule has 0 saturated heterocycles. The summed E-state index contributed by atoms with van der Waals surface area (Å²) in [5, 5.41) is 4.89. The van der Waals surface area contributed by atoms with Crippen LogP contribution in [0.25, 0.3) is 0 Å². The molecule has 136 valence electrons. The monoisotopic (exact) mass is 348 g/mol. The summed E-state index contributed by atoms with van der Waals surface area (Å²) >= 11 is 0. The van der Waals surface area contributed by atoms with Gasteiger partial charge in [-0.15, -0.1) is 0 Å². The van der Waals surface area contributed by atoms with E-state index in [9.17, 15) is 14.4 Å². The van der Waals surface area contributed by atoms with Gasteiger partial charge >= 0.3 is 12.0 Å². The SMILES string of the molecule is CC[C@H](Oc1ccccc1)C(=O)OCC(=O)NC(=O)NC1CCCC1. The van der Waals surface area contributed by atoms with E-state index in [0.29, 0.717) is 12.2 Å². The third-order valence-corrected chi connectivity index (χ3v) is 3.94. The molecular formula is C18H24N2O5. The van der Waals surface area contributed by atoms with Crippen molar-refractivity contribution in [3.05, 3.63) is 30.3 Å². The molecule has 25 heavy (non-hydrogen) atoms. The summed E-state index contributed by atoms with van der Waals surface area (Å²) < 4.78 is 10.5. The summed E-state index contributed by atoms with van der Waals surface area (Å²) in [6, 6.07) is 8.45. The van der Waals surface area contributed by atoms with Crippen LogP contribution < -0.4 is 15.4 Å². The highest BCUT2D eigenvalue weighted by Gasteiger charge is 2.22. The molecule has 0 radical (unpaired) electrons. The third kappa shape index (κ3) is 6.45. The molecule has 0 heterocycles. The average Bonchev–Trinajstić information content (AvgIpc) is 3.11. The number of hydrogen-bond acceptors (Lipinski definition) is 5. The molecule has 0 spiro atoms. The van der Waals surface area contributed by atoms with Crippen LogP contribution in [0.15, 0.2) is 30.3 Å². The van der Waals surface area contributed by atoms with Crippen LogP contribution in [0.3, 0.4) is 0 Å². The Balaban J connectivity index is 1.71. The molecule has 1 saturated carbocycles. The van der Waals surface area contributed by atoms with Gasteiger partial charge in [-0.2, -0.15) is 0 Å². The maximum atomic E-state index is 12.0. The van der Waals surface area contributed by atoms with Crippen molar-refractivity contribution in [1.29, 1.82) is 0 Å². The first kappa shape index (κ1) is 18.8. The summed E-state index contributed by atoms with van der Waals surface area (Å²) in [6.45, 7) is 1.26. The van der Waals surface area contributed by atoms with Gasteiger partial charge in [-0.25, -0.2) is 9.59 Å². The van der Waals surface area contributed by atoms with Crippen molar-refractivity contribution >= 4 is 17.9 Å². The Kier molecular flexibility index (Phi) is 7.25. The Morgan fingerprint density at radius 3 is 2.48 bits per heavy atom. The van der Waals surface area contributed by atoms with E-state index in [-0.39, 0.29) is 6.04 Å². The number of esters is 1. The van der Waals surface area contributed by atoms with Gasteiger partial charge in [-0.05, 0) is 31.4 Å². The molecule has 1 aromatic rings. The molecule has 2 N–H and O–H groups in total. The smallest absolute Gasteiger partial charge is 0.347 e. The molecular weight excluding hydrogens is 324 g/mol. The fourth-order valence-corrected chi connectivity index (χ4v) is 2.65. The first-order chi connectivity index (χ1) is 12.1. The van der Waals surface area contributed by atoms with Gasteiger partial charge in [-0.1, -0.05) is 38.0 Å². The molecule has 1 fully saturated rings. The van der Waals surface area contributed by atoms with Gasteiger partial charge in [0.05, 0.1) is 0 Å².